The highest BCUT2D eigenvalue weighted by molar-refractivity contribution is 7.89. The molecule has 0 atom stereocenters. The van der Waals surface area contributed by atoms with Crippen molar-refractivity contribution in [3.05, 3.63) is 58.7 Å². The quantitative estimate of drug-likeness (QED) is 0.410. The Bertz CT molecular complexity index is 1320. The lowest BCUT2D eigenvalue weighted by atomic mass is 10.2. The lowest BCUT2D eigenvalue weighted by Gasteiger charge is -2.13. The molecule has 0 spiro atoms. The summed E-state index contributed by atoms with van der Waals surface area (Å²) in [5.74, 6) is -3.21. The molecule has 3 aromatic rings. The number of sulfonamides is 1. The highest BCUT2D eigenvalue weighted by Gasteiger charge is 2.32. The molecule has 0 fully saturated rings. The molecular weight excluding hydrogens is 497 g/mol. The summed E-state index contributed by atoms with van der Waals surface area (Å²) in [6.45, 7) is 1.31. The molecule has 0 aliphatic heterocycles. The fourth-order valence-corrected chi connectivity index (χ4v) is 3.50. The summed E-state index contributed by atoms with van der Waals surface area (Å²) in [7, 11) is -4.37. The molecule has 0 amide bonds. The van der Waals surface area contributed by atoms with Crippen LogP contribution in [0.1, 0.15) is 5.56 Å². The molecule has 4 N–H and O–H groups in total. The maximum atomic E-state index is 14.2. The first-order valence-electron chi connectivity index (χ1n) is 8.68. The number of nitrogens with one attached hydrogen (secondary N) is 2. The van der Waals surface area contributed by atoms with Crippen LogP contribution in [-0.2, 0) is 10.0 Å². The molecule has 0 aliphatic rings. The number of ether oxygens (including phenoxy) is 1. The van der Waals surface area contributed by atoms with E-state index in [1.165, 1.54) is 13.0 Å². The fraction of sp³-hybridized carbons (Fsp3) is 0.111. The molecule has 176 valence electrons. The number of benzene rings is 2. The Hall–Kier alpha value is -3.23. The van der Waals surface area contributed by atoms with E-state index in [-0.39, 0.29) is 22.9 Å². The third-order valence-corrected chi connectivity index (χ3v) is 5.15. The van der Waals surface area contributed by atoms with Gasteiger partial charge in [-0.25, -0.2) is 27.3 Å². The molecule has 2 aromatic carbocycles. The van der Waals surface area contributed by atoms with Crippen LogP contribution in [0.2, 0.25) is 5.02 Å². The molecule has 0 saturated heterocycles. The molecule has 8 nitrogen and oxygen atoms in total. The van der Waals surface area contributed by atoms with Gasteiger partial charge in [-0.05, 0) is 42.8 Å². The van der Waals surface area contributed by atoms with E-state index in [4.69, 9.17) is 16.7 Å². The Balaban J connectivity index is 1.87. The predicted octanol–water partition coefficient (Wildman–Crippen LogP) is 4.75. The second-order valence-electron chi connectivity index (χ2n) is 6.48. The van der Waals surface area contributed by atoms with Gasteiger partial charge in [-0.3, -0.25) is 0 Å². The largest absolute Gasteiger partial charge is 0.573 e. The Labute approximate surface area is 188 Å². The molecule has 1 aromatic heterocycles. The molecule has 3 rings (SSSR count). The summed E-state index contributed by atoms with van der Waals surface area (Å²) in [6.07, 6.45) is -4.17. The first-order valence-corrected chi connectivity index (χ1v) is 10.6. The van der Waals surface area contributed by atoms with Gasteiger partial charge in [-0.2, -0.15) is 4.98 Å². The number of alkyl halides is 3. The van der Waals surface area contributed by atoms with Crippen LogP contribution in [0.4, 0.5) is 45.1 Å². The van der Waals surface area contributed by atoms with E-state index in [0.717, 1.165) is 30.5 Å². The van der Waals surface area contributed by atoms with Crippen LogP contribution in [0.15, 0.2) is 41.4 Å². The summed E-state index contributed by atoms with van der Waals surface area (Å²) in [6, 6.07) is 5.29. The molecule has 15 heteroatoms. The number of aryl methyl sites for hydroxylation is 1. The summed E-state index contributed by atoms with van der Waals surface area (Å²) in [4.78, 5) is 6.83. The van der Waals surface area contributed by atoms with Crippen LogP contribution in [0.5, 0.6) is 5.75 Å². The second kappa shape index (κ2) is 8.96. The van der Waals surface area contributed by atoms with Gasteiger partial charge >= 0.3 is 6.36 Å². The average Bonchev–Trinajstić information content (AvgIpc) is 2.67. The number of nitrogens with zero attached hydrogens (tertiary/aromatic N) is 2. The first kappa shape index (κ1) is 24.4. The highest BCUT2D eigenvalue weighted by Crippen LogP contribution is 2.33. The van der Waals surface area contributed by atoms with Crippen molar-refractivity contribution in [3.63, 3.8) is 0 Å². The van der Waals surface area contributed by atoms with Crippen molar-refractivity contribution in [2.24, 2.45) is 5.14 Å². The minimum absolute atomic E-state index is 0.0414. The zero-order chi connectivity index (χ0) is 24.6. The van der Waals surface area contributed by atoms with Crippen molar-refractivity contribution in [2.75, 3.05) is 10.6 Å². The van der Waals surface area contributed by atoms with Crippen molar-refractivity contribution in [1.82, 2.24) is 9.97 Å². The SMILES string of the molecule is Cc1cc(Nc2ncc(F)c(Nc3ccc(OC(F)(F)F)c(Cl)c3)n2)cc(S(N)(=O)=O)c1F. The van der Waals surface area contributed by atoms with E-state index >= 15 is 0 Å². The lowest BCUT2D eigenvalue weighted by molar-refractivity contribution is -0.274. The van der Waals surface area contributed by atoms with Crippen molar-refractivity contribution < 1.29 is 35.1 Å². The molecule has 1 heterocycles. The Morgan fingerprint density at radius 1 is 1.09 bits per heavy atom. The summed E-state index contributed by atoms with van der Waals surface area (Å²) >= 11 is 5.77. The lowest BCUT2D eigenvalue weighted by Crippen LogP contribution is -2.17. The molecule has 0 unspecified atom stereocenters. The van der Waals surface area contributed by atoms with Gasteiger partial charge in [0.05, 0.1) is 11.2 Å². The third kappa shape index (κ3) is 6.18. The van der Waals surface area contributed by atoms with Gasteiger partial charge < -0.3 is 15.4 Å². The highest BCUT2D eigenvalue weighted by atomic mass is 35.5. The van der Waals surface area contributed by atoms with Crippen LogP contribution in [0.25, 0.3) is 0 Å². The number of anilines is 4. The number of halogens is 6. The van der Waals surface area contributed by atoms with E-state index in [9.17, 15) is 30.4 Å². The summed E-state index contributed by atoms with van der Waals surface area (Å²) in [5.41, 5.74) is 0.0830. The van der Waals surface area contributed by atoms with E-state index in [1.54, 1.807) is 0 Å². The van der Waals surface area contributed by atoms with E-state index in [2.05, 4.69) is 25.3 Å². The third-order valence-electron chi connectivity index (χ3n) is 3.95. The number of hydrogen-bond acceptors (Lipinski definition) is 7. The molecule has 0 saturated carbocycles. The standard InChI is InChI=1S/C18H13ClF5N5O3S/c1-8-4-10(6-14(15(8)21)33(25,30)31)28-17-26-7-12(20)16(29-17)27-9-2-3-13(11(19)5-9)32-18(22,23)24/h2-7H,1H3,(H2,25,30,31)(H2,26,27,28,29). The number of aromatic nitrogens is 2. The van der Waals surface area contributed by atoms with Gasteiger partial charge in [0.2, 0.25) is 16.0 Å². The normalized spacial score (nSPS) is 11.9. The van der Waals surface area contributed by atoms with Crippen LogP contribution in [0.3, 0.4) is 0 Å². The fourth-order valence-electron chi connectivity index (χ4n) is 2.58. The Morgan fingerprint density at radius 3 is 2.39 bits per heavy atom. The van der Waals surface area contributed by atoms with Crippen molar-refractivity contribution in [1.29, 1.82) is 0 Å². The molecule has 0 bridgehead atoms. The maximum Gasteiger partial charge on any atom is 0.573 e. The monoisotopic (exact) mass is 509 g/mol. The minimum Gasteiger partial charge on any atom is -0.404 e. The molecular formula is C18H13ClF5N5O3S. The van der Waals surface area contributed by atoms with E-state index in [0.29, 0.717) is 0 Å². The van der Waals surface area contributed by atoms with Gasteiger partial charge in [0.15, 0.2) is 11.6 Å². The van der Waals surface area contributed by atoms with Crippen molar-refractivity contribution in [2.45, 2.75) is 18.2 Å². The second-order valence-corrected chi connectivity index (χ2v) is 8.42. The average molecular weight is 510 g/mol. The van der Waals surface area contributed by atoms with Gasteiger partial charge in [0.25, 0.3) is 0 Å². The van der Waals surface area contributed by atoms with E-state index in [1.807, 2.05) is 0 Å². The molecule has 33 heavy (non-hydrogen) atoms. The van der Waals surface area contributed by atoms with E-state index < -0.39 is 49.5 Å². The topological polar surface area (TPSA) is 119 Å². The minimum atomic E-state index is -4.94. The summed E-state index contributed by atoms with van der Waals surface area (Å²) in [5, 5.41) is 9.73. The predicted molar refractivity (Wildman–Crippen MR) is 109 cm³/mol. The Kier molecular flexibility index (Phi) is 6.63. The number of hydrogen-bond donors (Lipinski definition) is 3. The zero-order valence-electron chi connectivity index (χ0n) is 16.3. The number of nitrogens with two attached hydrogens (primary N) is 1. The Morgan fingerprint density at radius 2 is 1.79 bits per heavy atom. The van der Waals surface area contributed by atoms with Crippen LogP contribution in [-0.4, -0.2) is 24.7 Å². The molecule has 0 radical (unpaired) electrons. The van der Waals surface area contributed by atoms with Gasteiger partial charge in [0.1, 0.15) is 16.5 Å². The number of rotatable bonds is 6. The van der Waals surface area contributed by atoms with Gasteiger partial charge in [-0.1, -0.05) is 11.6 Å². The zero-order valence-corrected chi connectivity index (χ0v) is 17.9. The number of primary sulfonamides is 1. The van der Waals surface area contributed by atoms with Crippen LogP contribution < -0.4 is 20.5 Å². The van der Waals surface area contributed by atoms with Crippen LogP contribution >= 0.6 is 11.6 Å². The smallest absolute Gasteiger partial charge is 0.404 e. The van der Waals surface area contributed by atoms with Crippen molar-refractivity contribution in [3.8, 4) is 5.75 Å². The van der Waals surface area contributed by atoms with Gasteiger partial charge in [0, 0.05) is 11.4 Å². The van der Waals surface area contributed by atoms with Gasteiger partial charge in [-0.15, -0.1) is 13.2 Å². The maximum absolute atomic E-state index is 14.2. The van der Waals surface area contributed by atoms with Crippen molar-refractivity contribution >= 4 is 44.8 Å². The molecule has 0 aliphatic carbocycles. The first-order chi connectivity index (χ1) is 15.2. The van der Waals surface area contributed by atoms with Crippen LogP contribution in [0, 0.1) is 18.6 Å². The summed E-state index contributed by atoms with van der Waals surface area (Å²) < 4.78 is 92.2.